The Morgan fingerprint density at radius 1 is 0.950 bits per heavy atom. The lowest BCUT2D eigenvalue weighted by molar-refractivity contribution is 0.420. The van der Waals surface area contributed by atoms with Crippen molar-refractivity contribution in [1.29, 1.82) is 0 Å². The first kappa shape index (κ1) is 13.4. The van der Waals surface area contributed by atoms with Crippen molar-refractivity contribution in [2.45, 2.75) is 44.6 Å². The Hall–Kier alpha value is -1.60. The maximum Gasteiger partial charge on any atom is 0.0387 e. The Morgan fingerprint density at radius 2 is 1.65 bits per heavy atom. The van der Waals surface area contributed by atoms with E-state index >= 15 is 0 Å². The van der Waals surface area contributed by atoms with Crippen molar-refractivity contribution in [2.75, 3.05) is 0 Å². The fraction of sp³-hybridized carbons (Fsp3) is 0.368. The molecule has 0 saturated heterocycles. The molecule has 1 nitrogen and oxygen atoms in total. The average molecular weight is 265 g/mol. The van der Waals surface area contributed by atoms with Crippen LogP contribution in [0.5, 0.6) is 0 Å². The second-order valence-corrected chi connectivity index (χ2v) is 6.45. The number of fused-ring (bicyclic) bond motifs is 1. The zero-order valence-electron chi connectivity index (χ0n) is 12.4. The van der Waals surface area contributed by atoms with Crippen molar-refractivity contribution in [1.82, 2.24) is 0 Å². The third kappa shape index (κ3) is 2.27. The Morgan fingerprint density at radius 3 is 2.40 bits per heavy atom. The van der Waals surface area contributed by atoms with Gasteiger partial charge in [0.15, 0.2) is 0 Å². The van der Waals surface area contributed by atoms with Crippen LogP contribution in [-0.2, 0) is 18.3 Å². The number of nitrogens with two attached hydrogens (primary N) is 1. The summed E-state index contributed by atoms with van der Waals surface area (Å²) < 4.78 is 0. The van der Waals surface area contributed by atoms with Crippen molar-refractivity contribution < 1.29 is 0 Å². The first-order valence-corrected chi connectivity index (χ1v) is 7.52. The number of benzene rings is 2. The monoisotopic (exact) mass is 265 g/mol. The van der Waals surface area contributed by atoms with Gasteiger partial charge in [-0.2, -0.15) is 0 Å². The second-order valence-electron chi connectivity index (χ2n) is 6.45. The predicted octanol–water partition coefficient (Wildman–Crippen LogP) is 4.15. The Labute approximate surface area is 121 Å². The molecule has 3 rings (SSSR count). The second kappa shape index (κ2) is 5.06. The third-order valence-corrected chi connectivity index (χ3v) is 4.78. The standard InChI is InChI=1S/C19H23N/c1-19(2,17-9-4-3-5-10-17)18(20)16-12-11-14-7-6-8-15(14)13-16/h3-5,9-13,18H,6-8,20H2,1-2H3. The zero-order chi connectivity index (χ0) is 14.2. The highest BCUT2D eigenvalue weighted by Crippen LogP contribution is 2.36. The van der Waals surface area contributed by atoms with Gasteiger partial charge < -0.3 is 5.73 Å². The summed E-state index contributed by atoms with van der Waals surface area (Å²) in [5, 5.41) is 0. The average Bonchev–Trinajstić information content (AvgIpc) is 2.94. The molecule has 2 N–H and O–H groups in total. The molecule has 2 aromatic rings. The van der Waals surface area contributed by atoms with E-state index in [0.29, 0.717) is 0 Å². The molecule has 1 heteroatoms. The zero-order valence-corrected chi connectivity index (χ0v) is 12.4. The van der Waals surface area contributed by atoms with Crippen LogP contribution in [0.4, 0.5) is 0 Å². The van der Waals surface area contributed by atoms with Crippen LogP contribution in [0, 0.1) is 0 Å². The van der Waals surface area contributed by atoms with Crippen molar-refractivity contribution in [3.63, 3.8) is 0 Å². The van der Waals surface area contributed by atoms with Gasteiger partial charge in [-0.05, 0) is 41.5 Å². The molecular weight excluding hydrogens is 242 g/mol. The highest BCUT2D eigenvalue weighted by molar-refractivity contribution is 5.39. The molecule has 1 atom stereocenters. The first-order chi connectivity index (χ1) is 9.59. The molecule has 104 valence electrons. The van der Waals surface area contributed by atoms with Gasteiger partial charge in [0.05, 0.1) is 0 Å². The molecular formula is C19H23N. The van der Waals surface area contributed by atoms with Gasteiger partial charge in [0, 0.05) is 11.5 Å². The molecule has 0 aliphatic heterocycles. The van der Waals surface area contributed by atoms with E-state index in [1.165, 1.54) is 41.5 Å². The summed E-state index contributed by atoms with van der Waals surface area (Å²) in [7, 11) is 0. The molecule has 0 fully saturated rings. The molecule has 0 amide bonds. The SMILES string of the molecule is CC(C)(c1ccccc1)C(N)c1ccc2c(c1)CCC2. The van der Waals surface area contributed by atoms with Crippen LogP contribution in [0.3, 0.4) is 0 Å². The molecule has 0 aromatic heterocycles. The summed E-state index contributed by atoms with van der Waals surface area (Å²) >= 11 is 0. The van der Waals surface area contributed by atoms with E-state index in [4.69, 9.17) is 5.73 Å². The van der Waals surface area contributed by atoms with E-state index in [0.717, 1.165) is 0 Å². The minimum atomic E-state index is -0.0614. The minimum Gasteiger partial charge on any atom is -0.323 e. The van der Waals surface area contributed by atoms with Gasteiger partial charge in [0.2, 0.25) is 0 Å². The summed E-state index contributed by atoms with van der Waals surface area (Å²) in [6.07, 6.45) is 3.73. The van der Waals surface area contributed by atoms with Crippen molar-refractivity contribution in [2.24, 2.45) is 5.73 Å². The molecule has 0 radical (unpaired) electrons. The van der Waals surface area contributed by atoms with Crippen LogP contribution in [0.2, 0.25) is 0 Å². The van der Waals surface area contributed by atoms with Crippen LogP contribution >= 0.6 is 0 Å². The van der Waals surface area contributed by atoms with Gasteiger partial charge >= 0.3 is 0 Å². The maximum atomic E-state index is 6.60. The van der Waals surface area contributed by atoms with Crippen LogP contribution in [0.15, 0.2) is 48.5 Å². The molecule has 0 saturated carbocycles. The van der Waals surface area contributed by atoms with Gasteiger partial charge in [-0.15, -0.1) is 0 Å². The predicted molar refractivity (Wildman–Crippen MR) is 84.9 cm³/mol. The number of aryl methyl sites for hydroxylation is 2. The van der Waals surface area contributed by atoms with E-state index in [9.17, 15) is 0 Å². The maximum absolute atomic E-state index is 6.60. The van der Waals surface area contributed by atoms with Gasteiger partial charge in [-0.25, -0.2) is 0 Å². The van der Waals surface area contributed by atoms with E-state index in [2.05, 4.69) is 62.4 Å². The molecule has 1 aliphatic carbocycles. The highest BCUT2D eigenvalue weighted by Gasteiger charge is 2.30. The van der Waals surface area contributed by atoms with Gasteiger partial charge in [-0.3, -0.25) is 0 Å². The number of hydrogen-bond donors (Lipinski definition) is 1. The summed E-state index contributed by atoms with van der Waals surface area (Å²) in [6, 6.07) is 17.4. The van der Waals surface area contributed by atoms with Gasteiger partial charge in [0.1, 0.15) is 0 Å². The third-order valence-electron chi connectivity index (χ3n) is 4.78. The molecule has 1 unspecified atom stereocenters. The quantitative estimate of drug-likeness (QED) is 0.886. The number of hydrogen-bond acceptors (Lipinski definition) is 1. The fourth-order valence-corrected chi connectivity index (χ4v) is 3.25. The summed E-state index contributed by atoms with van der Waals surface area (Å²) in [6.45, 7) is 4.47. The molecule has 1 aliphatic rings. The first-order valence-electron chi connectivity index (χ1n) is 7.52. The van der Waals surface area contributed by atoms with Crippen LogP contribution in [0.25, 0.3) is 0 Å². The van der Waals surface area contributed by atoms with E-state index < -0.39 is 0 Å². The number of rotatable bonds is 3. The van der Waals surface area contributed by atoms with Crippen molar-refractivity contribution in [3.8, 4) is 0 Å². The van der Waals surface area contributed by atoms with Crippen LogP contribution in [0.1, 0.15) is 48.6 Å². The van der Waals surface area contributed by atoms with Gasteiger partial charge in [-0.1, -0.05) is 62.4 Å². The van der Waals surface area contributed by atoms with Gasteiger partial charge in [0.25, 0.3) is 0 Å². The molecule has 20 heavy (non-hydrogen) atoms. The Balaban J connectivity index is 1.94. The molecule has 0 spiro atoms. The summed E-state index contributed by atoms with van der Waals surface area (Å²) in [5.74, 6) is 0. The lowest BCUT2D eigenvalue weighted by Gasteiger charge is -2.33. The minimum absolute atomic E-state index is 0.0239. The van der Waals surface area contributed by atoms with Crippen molar-refractivity contribution >= 4 is 0 Å². The van der Waals surface area contributed by atoms with E-state index in [1.54, 1.807) is 0 Å². The lowest BCUT2D eigenvalue weighted by atomic mass is 9.75. The highest BCUT2D eigenvalue weighted by atomic mass is 14.7. The molecule has 0 bridgehead atoms. The fourth-order valence-electron chi connectivity index (χ4n) is 3.25. The van der Waals surface area contributed by atoms with Crippen LogP contribution < -0.4 is 5.73 Å². The van der Waals surface area contributed by atoms with E-state index in [-0.39, 0.29) is 11.5 Å². The largest absolute Gasteiger partial charge is 0.323 e. The van der Waals surface area contributed by atoms with Crippen LogP contribution in [-0.4, -0.2) is 0 Å². The smallest absolute Gasteiger partial charge is 0.0387 e. The van der Waals surface area contributed by atoms with Crippen molar-refractivity contribution in [3.05, 3.63) is 70.8 Å². The lowest BCUT2D eigenvalue weighted by Crippen LogP contribution is -2.33. The summed E-state index contributed by atoms with van der Waals surface area (Å²) in [5.41, 5.74) is 12.1. The molecule has 0 heterocycles. The summed E-state index contributed by atoms with van der Waals surface area (Å²) in [4.78, 5) is 0. The Bertz CT molecular complexity index is 598. The topological polar surface area (TPSA) is 26.0 Å². The molecule has 2 aromatic carbocycles. The van der Waals surface area contributed by atoms with E-state index in [1.807, 2.05) is 0 Å². The Kier molecular flexibility index (Phi) is 3.39. The normalized spacial score (nSPS) is 15.9.